The van der Waals surface area contributed by atoms with Gasteiger partial charge in [0.05, 0.1) is 0 Å². The van der Waals surface area contributed by atoms with E-state index in [9.17, 15) is 9.59 Å². The number of hydrogen-bond donors (Lipinski definition) is 1. The van der Waals surface area contributed by atoms with Crippen molar-refractivity contribution in [3.8, 4) is 0 Å². The number of carbonyl (C=O) groups excluding carboxylic acids is 2. The van der Waals surface area contributed by atoms with Gasteiger partial charge < -0.3 is 15.1 Å². The lowest BCUT2D eigenvalue weighted by atomic mass is 10.2. The van der Waals surface area contributed by atoms with Crippen LogP contribution in [0.5, 0.6) is 0 Å². The van der Waals surface area contributed by atoms with E-state index in [1.807, 2.05) is 6.92 Å². The van der Waals surface area contributed by atoms with Gasteiger partial charge in [-0.1, -0.05) is 6.08 Å². The molecule has 118 valence electrons. The first-order valence-corrected chi connectivity index (χ1v) is 7.26. The maximum absolute atomic E-state index is 12.5. The largest absolute Gasteiger partial charge is 0.351 e. The highest BCUT2D eigenvalue weighted by atomic mass is 16.2. The lowest BCUT2D eigenvalue weighted by molar-refractivity contribution is -0.130. The van der Waals surface area contributed by atoms with E-state index >= 15 is 0 Å². The summed E-state index contributed by atoms with van der Waals surface area (Å²) in [6, 6.07) is 1.68. The van der Waals surface area contributed by atoms with E-state index in [-0.39, 0.29) is 11.8 Å². The van der Waals surface area contributed by atoms with Gasteiger partial charge >= 0.3 is 0 Å². The highest BCUT2D eigenvalue weighted by molar-refractivity contribution is 5.93. The Morgan fingerprint density at radius 3 is 2.50 bits per heavy atom. The number of amides is 2. The molecule has 0 unspecified atom stereocenters. The Morgan fingerprint density at radius 1 is 1.27 bits per heavy atom. The molecule has 2 amide bonds. The van der Waals surface area contributed by atoms with E-state index < -0.39 is 0 Å². The summed E-state index contributed by atoms with van der Waals surface area (Å²) in [5.41, 5.74) is 1.10. The van der Waals surface area contributed by atoms with Crippen molar-refractivity contribution in [2.45, 2.75) is 13.8 Å². The average molecular weight is 303 g/mol. The van der Waals surface area contributed by atoms with Gasteiger partial charge in [0.25, 0.3) is 5.91 Å². The summed E-state index contributed by atoms with van der Waals surface area (Å²) in [5, 5.41) is 2.99. The molecule has 2 rings (SSSR count). The smallest absolute Gasteiger partial charge is 0.272 e. The van der Waals surface area contributed by atoms with Crippen molar-refractivity contribution in [1.29, 1.82) is 0 Å². The van der Waals surface area contributed by atoms with Gasteiger partial charge in [-0.2, -0.15) is 0 Å². The van der Waals surface area contributed by atoms with E-state index in [2.05, 4.69) is 21.9 Å². The molecule has 2 heterocycles. The first-order chi connectivity index (χ1) is 10.5. The molecule has 0 bridgehead atoms. The number of carbonyl (C=O) groups is 2. The zero-order valence-corrected chi connectivity index (χ0v) is 13.0. The summed E-state index contributed by atoms with van der Waals surface area (Å²) in [5.74, 6) is 0.335. The van der Waals surface area contributed by atoms with Crippen LogP contribution in [-0.2, 0) is 4.79 Å². The van der Waals surface area contributed by atoms with Gasteiger partial charge in [-0.3, -0.25) is 9.59 Å². The van der Waals surface area contributed by atoms with Crippen LogP contribution in [0.25, 0.3) is 0 Å². The Bertz CT molecular complexity index is 579. The van der Waals surface area contributed by atoms with Gasteiger partial charge in [-0.25, -0.2) is 9.97 Å². The summed E-state index contributed by atoms with van der Waals surface area (Å²) in [7, 11) is 0. The first-order valence-electron chi connectivity index (χ1n) is 7.26. The van der Waals surface area contributed by atoms with Crippen LogP contribution < -0.4 is 5.32 Å². The van der Waals surface area contributed by atoms with Crippen molar-refractivity contribution in [3.63, 3.8) is 0 Å². The standard InChI is InChI=1S/C15H21N5O2/c1-4-5-16-15-17-11(2)10-13(18-15)14(22)20-8-6-19(7-9-20)12(3)21/h4,10H,1,5-9H2,2-3H3,(H,16,17,18). The molecule has 1 aromatic rings. The average Bonchev–Trinajstić information content (AvgIpc) is 2.51. The molecule has 0 radical (unpaired) electrons. The molecule has 1 fully saturated rings. The van der Waals surface area contributed by atoms with Gasteiger partial charge in [-0.15, -0.1) is 6.58 Å². The monoisotopic (exact) mass is 303 g/mol. The minimum absolute atomic E-state index is 0.0425. The normalized spacial score (nSPS) is 14.6. The van der Waals surface area contributed by atoms with Gasteiger partial charge in [0.15, 0.2) is 0 Å². The van der Waals surface area contributed by atoms with Crippen LogP contribution in [0.1, 0.15) is 23.1 Å². The van der Waals surface area contributed by atoms with Crippen molar-refractivity contribution in [3.05, 3.63) is 30.1 Å². The summed E-state index contributed by atoms with van der Waals surface area (Å²) >= 11 is 0. The van der Waals surface area contributed by atoms with Crippen LogP contribution in [0.15, 0.2) is 18.7 Å². The molecule has 1 N–H and O–H groups in total. The third-order valence-corrected chi connectivity index (χ3v) is 3.49. The van der Waals surface area contributed by atoms with Gasteiger partial charge in [0.1, 0.15) is 5.69 Å². The molecule has 7 nitrogen and oxygen atoms in total. The van der Waals surface area contributed by atoms with Crippen molar-refractivity contribution < 1.29 is 9.59 Å². The SMILES string of the molecule is C=CCNc1nc(C)cc(C(=O)N2CCN(C(C)=O)CC2)n1. The van der Waals surface area contributed by atoms with Crippen LogP contribution in [0.3, 0.4) is 0 Å². The van der Waals surface area contributed by atoms with Gasteiger partial charge in [-0.05, 0) is 13.0 Å². The quantitative estimate of drug-likeness (QED) is 0.828. The van der Waals surface area contributed by atoms with E-state index in [1.165, 1.54) is 0 Å². The second-order valence-corrected chi connectivity index (χ2v) is 5.19. The fourth-order valence-electron chi connectivity index (χ4n) is 2.31. The summed E-state index contributed by atoms with van der Waals surface area (Å²) in [6.45, 7) is 9.70. The maximum Gasteiger partial charge on any atom is 0.272 e. The molecule has 7 heteroatoms. The van der Waals surface area contributed by atoms with Crippen LogP contribution in [-0.4, -0.2) is 64.3 Å². The molecule has 1 aliphatic rings. The van der Waals surface area contributed by atoms with E-state index in [4.69, 9.17) is 0 Å². The van der Waals surface area contributed by atoms with Crippen LogP contribution in [0.2, 0.25) is 0 Å². The molecular formula is C15H21N5O2. The Hall–Kier alpha value is -2.44. The minimum atomic E-state index is -0.129. The zero-order chi connectivity index (χ0) is 16.1. The summed E-state index contributed by atoms with van der Waals surface area (Å²) in [4.78, 5) is 35.8. The first kappa shape index (κ1) is 15.9. The molecule has 22 heavy (non-hydrogen) atoms. The van der Waals surface area contributed by atoms with Gasteiger partial charge in [0.2, 0.25) is 11.9 Å². The third-order valence-electron chi connectivity index (χ3n) is 3.49. The number of piperazine rings is 1. The van der Waals surface area contributed by atoms with Crippen molar-refractivity contribution in [2.24, 2.45) is 0 Å². The highest BCUT2D eigenvalue weighted by Crippen LogP contribution is 2.10. The number of aryl methyl sites for hydroxylation is 1. The zero-order valence-electron chi connectivity index (χ0n) is 13.0. The molecule has 0 aromatic carbocycles. The summed E-state index contributed by atoms with van der Waals surface area (Å²) < 4.78 is 0. The second-order valence-electron chi connectivity index (χ2n) is 5.19. The molecule has 0 saturated carbocycles. The number of rotatable bonds is 4. The lowest BCUT2D eigenvalue weighted by Crippen LogP contribution is -2.50. The molecule has 1 saturated heterocycles. The van der Waals surface area contributed by atoms with Crippen molar-refractivity contribution in [1.82, 2.24) is 19.8 Å². The van der Waals surface area contributed by atoms with Gasteiger partial charge in [0, 0.05) is 45.3 Å². The number of nitrogens with zero attached hydrogens (tertiary/aromatic N) is 4. The van der Waals surface area contributed by atoms with Crippen LogP contribution >= 0.6 is 0 Å². The molecular weight excluding hydrogens is 282 g/mol. The topological polar surface area (TPSA) is 78.4 Å². The molecule has 1 aliphatic heterocycles. The van der Waals surface area contributed by atoms with Crippen LogP contribution in [0, 0.1) is 6.92 Å². The highest BCUT2D eigenvalue weighted by Gasteiger charge is 2.24. The Labute approximate surface area is 130 Å². The fourth-order valence-corrected chi connectivity index (χ4v) is 2.31. The minimum Gasteiger partial charge on any atom is -0.351 e. The van der Waals surface area contributed by atoms with E-state index in [0.29, 0.717) is 44.4 Å². The van der Waals surface area contributed by atoms with Crippen molar-refractivity contribution >= 4 is 17.8 Å². The second kappa shape index (κ2) is 7.02. The number of aromatic nitrogens is 2. The Balaban J connectivity index is 2.08. The molecule has 0 spiro atoms. The fraction of sp³-hybridized carbons (Fsp3) is 0.467. The van der Waals surface area contributed by atoms with Crippen LogP contribution in [0.4, 0.5) is 5.95 Å². The summed E-state index contributed by atoms with van der Waals surface area (Å²) in [6.07, 6.45) is 1.70. The Morgan fingerprint density at radius 2 is 1.91 bits per heavy atom. The maximum atomic E-state index is 12.5. The van der Waals surface area contributed by atoms with E-state index in [0.717, 1.165) is 5.69 Å². The number of nitrogens with one attached hydrogen (secondary N) is 1. The molecule has 0 aliphatic carbocycles. The molecule has 1 aromatic heterocycles. The number of anilines is 1. The van der Waals surface area contributed by atoms with E-state index in [1.54, 1.807) is 28.9 Å². The third kappa shape index (κ3) is 3.81. The lowest BCUT2D eigenvalue weighted by Gasteiger charge is -2.34. The predicted octanol–water partition coefficient (Wildman–Crippen LogP) is 0.687. The number of hydrogen-bond acceptors (Lipinski definition) is 5. The van der Waals surface area contributed by atoms with Crippen molar-refractivity contribution in [2.75, 3.05) is 38.0 Å². The molecule has 0 atom stereocenters. The Kier molecular flexibility index (Phi) is 5.08. The predicted molar refractivity (Wildman–Crippen MR) is 83.6 cm³/mol.